The van der Waals surface area contributed by atoms with Gasteiger partial charge < -0.3 is 25.4 Å². The van der Waals surface area contributed by atoms with Gasteiger partial charge in [0.1, 0.15) is 17.7 Å². The first kappa shape index (κ1) is 29.8. The predicted molar refractivity (Wildman–Crippen MR) is 145 cm³/mol. The van der Waals surface area contributed by atoms with E-state index in [-0.39, 0.29) is 0 Å². The van der Waals surface area contributed by atoms with E-state index in [9.17, 15) is 19.5 Å². The van der Waals surface area contributed by atoms with Crippen LogP contribution in [-0.4, -0.2) is 51.7 Å². The van der Waals surface area contributed by atoms with Crippen molar-refractivity contribution in [3.05, 3.63) is 64.7 Å². The minimum Gasteiger partial charge on any atom is -0.444 e. The third-order valence-corrected chi connectivity index (χ3v) is 5.85. The number of nitrogens with one attached hydrogen (secondary N) is 2. The Morgan fingerprint density at radius 2 is 1.43 bits per heavy atom. The third kappa shape index (κ3) is 7.79. The zero-order valence-electron chi connectivity index (χ0n) is 23.4. The minimum absolute atomic E-state index is 0.399. The smallest absolute Gasteiger partial charge is 0.408 e. The number of anilines is 1. The van der Waals surface area contributed by atoms with E-state index in [2.05, 4.69) is 10.6 Å². The Bertz CT molecular complexity index is 1110. The van der Waals surface area contributed by atoms with E-state index in [0.29, 0.717) is 11.3 Å². The maximum absolute atomic E-state index is 14.0. The van der Waals surface area contributed by atoms with Crippen LogP contribution in [0.2, 0.25) is 0 Å². The van der Waals surface area contributed by atoms with Crippen LogP contribution >= 0.6 is 0 Å². The molecule has 2 aromatic rings. The van der Waals surface area contributed by atoms with Gasteiger partial charge in [-0.1, -0.05) is 42.5 Å². The summed E-state index contributed by atoms with van der Waals surface area (Å²) in [5.41, 5.74) is 2.29. The van der Waals surface area contributed by atoms with Gasteiger partial charge in [-0.25, -0.2) is 4.79 Å². The Balaban J connectivity index is 2.59. The van der Waals surface area contributed by atoms with E-state index >= 15 is 0 Å². The number of para-hydroxylation sites is 1. The van der Waals surface area contributed by atoms with Crippen LogP contribution in [0.15, 0.2) is 42.5 Å². The van der Waals surface area contributed by atoms with Crippen molar-refractivity contribution in [1.29, 1.82) is 0 Å². The number of hydrogen-bond acceptors (Lipinski definition) is 5. The number of benzene rings is 2. The average molecular weight is 512 g/mol. The van der Waals surface area contributed by atoms with Gasteiger partial charge in [0.2, 0.25) is 5.91 Å². The van der Waals surface area contributed by atoms with E-state index in [4.69, 9.17) is 4.74 Å². The van der Waals surface area contributed by atoms with Crippen LogP contribution in [0.1, 0.15) is 69.8 Å². The lowest BCUT2D eigenvalue weighted by Gasteiger charge is -2.43. The van der Waals surface area contributed by atoms with Crippen molar-refractivity contribution in [2.75, 3.05) is 11.9 Å². The van der Waals surface area contributed by atoms with Crippen molar-refractivity contribution < 1.29 is 24.2 Å². The molecule has 202 valence electrons. The molecule has 0 saturated carbocycles. The van der Waals surface area contributed by atoms with Crippen LogP contribution in [-0.2, 0) is 14.3 Å². The lowest BCUT2D eigenvalue weighted by atomic mass is 9.93. The molecule has 3 N–H and O–H groups in total. The molecule has 8 nitrogen and oxygen atoms in total. The van der Waals surface area contributed by atoms with Crippen LogP contribution in [0, 0.1) is 20.8 Å². The molecule has 0 aliphatic heterocycles. The highest BCUT2D eigenvalue weighted by Gasteiger charge is 2.42. The van der Waals surface area contributed by atoms with Gasteiger partial charge >= 0.3 is 6.09 Å². The fraction of sp³-hybridized carbons (Fsp3) is 0.483. The SMILES string of the molecule is Cc1ccccc1C(C(=O)Nc1c(C)cccc1C)N(C(=O)C(CO)NC(=O)OC(C)(C)C)C(C)(C)C. The molecule has 0 aliphatic rings. The van der Waals surface area contributed by atoms with E-state index in [0.717, 1.165) is 16.7 Å². The zero-order valence-corrected chi connectivity index (χ0v) is 23.4. The Morgan fingerprint density at radius 1 is 0.892 bits per heavy atom. The van der Waals surface area contributed by atoms with E-state index < -0.39 is 47.7 Å². The van der Waals surface area contributed by atoms with E-state index in [1.807, 2.05) is 84.0 Å². The highest BCUT2D eigenvalue weighted by atomic mass is 16.6. The molecule has 2 atom stereocenters. The fourth-order valence-electron chi connectivity index (χ4n) is 4.14. The topological polar surface area (TPSA) is 108 Å². The second kappa shape index (κ2) is 11.8. The highest BCUT2D eigenvalue weighted by molar-refractivity contribution is 6.00. The Kier molecular flexibility index (Phi) is 9.49. The van der Waals surface area contributed by atoms with Crippen molar-refractivity contribution in [3.63, 3.8) is 0 Å². The van der Waals surface area contributed by atoms with Crippen molar-refractivity contribution in [3.8, 4) is 0 Å². The number of alkyl carbamates (subject to hydrolysis) is 1. The number of carbonyl (C=O) groups is 3. The molecule has 2 unspecified atom stereocenters. The number of hydrogen-bond donors (Lipinski definition) is 3. The molecule has 2 aromatic carbocycles. The van der Waals surface area contributed by atoms with Crippen LogP contribution in [0.4, 0.5) is 10.5 Å². The van der Waals surface area contributed by atoms with Crippen LogP contribution < -0.4 is 10.6 Å². The Hall–Kier alpha value is -3.39. The summed E-state index contributed by atoms with van der Waals surface area (Å²) in [7, 11) is 0. The highest BCUT2D eigenvalue weighted by Crippen LogP contribution is 2.33. The van der Waals surface area contributed by atoms with Gasteiger partial charge in [-0.3, -0.25) is 9.59 Å². The maximum Gasteiger partial charge on any atom is 0.408 e. The van der Waals surface area contributed by atoms with Crippen LogP contribution in [0.3, 0.4) is 0 Å². The summed E-state index contributed by atoms with van der Waals surface area (Å²) < 4.78 is 5.29. The standard InChI is InChI=1S/C29H41N3O5/c1-18-13-10-11-16-21(18)24(25(34)31-23-19(2)14-12-15-20(23)3)32(28(4,5)6)26(35)22(17-33)30-27(36)37-29(7,8)9/h10-16,22,24,33H,17H2,1-9H3,(H,30,36)(H,31,34). The summed E-state index contributed by atoms with van der Waals surface area (Å²) in [5, 5.41) is 15.6. The monoisotopic (exact) mass is 511 g/mol. The summed E-state index contributed by atoms with van der Waals surface area (Å²) in [6.45, 7) is 15.6. The van der Waals surface area contributed by atoms with Crippen LogP contribution in [0.5, 0.6) is 0 Å². The molecule has 3 amide bonds. The molecule has 2 rings (SSSR count). The van der Waals surface area contributed by atoms with Gasteiger partial charge in [-0.05, 0) is 84.6 Å². The van der Waals surface area contributed by atoms with Crippen molar-refractivity contribution >= 4 is 23.6 Å². The molecular weight excluding hydrogens is 470 g/mol. The molecule has 0 radical (unpaired) electrons. The molecule has 0 saturated heterocycles. The second-order valence-corrected chi connectivity index (χ2v) is 11.3. The first-order chi connectivity index (χ1) is 17.1. The van der Waals surface area contributed by atoms with Gasteiger partial charge in [0.05, 0.1) is 6.61 Å². The number of carbonyl (C=O) groups excluding carboxylic acids is 3. The summed E-state index contributed by atoms with van der Waals surface area (Å²) >= 11 is 0. The fourth-order valence-corrected chi connectivity index (χ4v) is 4.14. The van der Waals surface area contributed by atoms with Gasteiger partial charge in [-0.15, -0.1) is 0 Å². The number of aryl methyl sites for hydroxylation is 3. The van der Waals surface area contributed by atoms with Crippen molar-refractivity contribution in [2.24, 2.45) is 0 Å². The van der Waals surface area contributed by atoms with Gasteiger partial charge in [0.25, 0.3) is 5.91 Å². The first-order valence-corrected chi connectivity index (χ1v) is 12.4. The summed E-state index contributed by atoms with van der Waals surface area (Å²) in [6, 6.07) is 10.7. The predicted octanol–water partition coefficient (Wildman–Crippen LogP) is 4.80. The summed E-state index contributed by atoms with van der Waals surface area (Å²) in [5.74, 6) is -1.00. The first-order valence-electron chi connectivity index (χ1n) is 12.4. The largest absolute Gasteiger partial charge is 0.444 e. The molecule has 0 heterocycles. The number of nitrogens with zero attached hydrogens (tertiary/aromatic N) is 1. The molecule has 8 heteroatoms. The quantitative estimate of drug-likeness (QED) is 0.495. The lowest BCUT2D eigenvalue weighted by Crippen LogP contribution is -2.59. The number of aliphatic hydroxyl groups is 1. The molecule has 0 aliphatic carbocycles. The molecule has 0 bridgehead atoms. The number of ether oxygens (including phenoxy) is 1. The van der Waals surface area contributed by atoms with Gasteiger partial charge in [0.15, 0.2) is 0 Å². The molecule has 0 fully saturated rings. The second-order valence-electron chi connectivity index (χ2n) is 11.3. The molecule has 0 aromatic heterocycles. The van der Waals surface area contributed by atoms with Gasteiger partial charge in [0, 0.05) is 11.2 Å². The molecule has 37 heavy (non-hydrogen) atoms. The Labute approximate surface area is 220 Å². The maximum atomic E-state index is 14.0. The lowest BCUT2D eigenvalue weighted by molar-refractivity contribution is -0.147. The number of rotatable bonds is 7. The van der Waals surface area contributed by atoms with E-state index in [1.54, 1.807) is 20.8 Å². The minimum atomic E-state index is -1.31. The molecule has 0 spiro atoms. The summed E-state index contributed by atoms with van der Waals surface area (Å²) in [4.78, 5) is 41.8. The number of aliphatic hydroxyl groups excluding tert-OH is 1. The van der Waals surface area contributed by atoms with Crippen LogP contribution in [0.25, 0.3) is 0 Å². The van der Waals surface area contributed by atoms with Gasteiger partial charge in [-0.2, -0.15) is 0 Å². The molecular formula is C29H41N3O5. The normalized spacial score (nSPS) is 13.4. The van der Waals surface area contributed by atoms with Crippen molar-refractivity contribution in [1.82, 2.24) is 10.2 Å². The summed E-state index contributed by atoms with van der Waals surface area (Å²) in [6.07, 6.45) is -0.832. The number of amides is 3. The average Bonchev–Trinajstić information content (AvgIpc) is 2.76. The van der Waals surface area contributed by atoms with E-state index in [1.165, 1.54) is 4.90 Å². The zero-order chi connectivity index (χ0) is 28.1. The Morgan fingerprint density at radius 3 is 1.92 bits per heavy atom. The van der Waals surface area contributed by atoms with Crippen molar-refractivity contribution in [2.45, 2.75) is 85.5 Å². The third-order valence-electron chi connectivity index (χ3n) is 5.85.